The predicted octanol–water partition coefficient (Wildman–Crippen LogP) is 2.47. The minimum absolute atomic E-state index is 0.0990. The zero-order chi connectivity index (χ0) is 16.1. The molecule has 3 N–H and O–H groups in total. The molecule has 2 atom stereocenters. The van der Waals surface area contributed by atoms with Gasteiger partial charge in [0.05, 0.1) is 5.92 Å². The fourth-order valence-electron chi connectivity index (χ4n) is 3.21. The number of carbonyl (C=O) groups is 1. The van der Waals surface area contributed by atoms with E-state index in [2.05, 4.69) is 22.3 Å². The second-order valence-electron chi connectivity index (χ2n) is 6.14. The van der Waals surface area contributed by atoms with Crippen molar-refractivity contribution in [2.45, 2.75) is 19.0 Å². The number of benzene rings is 2. The first-order chi connectivity index (χ1) is 11.2. The molecule has 1 amide bonds. The van der Waals surface area contributed by atoms with Crippen LogP contribution in [0.15, 0.2) is 60.7 Å². The SMILES string of the molecule is NC(=O)[C@H]1CN(Cc2ccccc2)CC[C@@H]1Nc1ccccc1. The summed E-state index contributed by atoms with van der Waals surface area (Å²) in [4.78, 5) is 14.2. The largest absolute Gasteiger partial charge is 0.381 e. The van der Waals surface area contributed by atoms with Gasteiger partial charge in [0.1, 0.15) is 0 Å². The average Bonchev–Trinajstić information content (AvgIpc) is 2.58. The molecule has 0 bridgehead atoms. The van der Waals surface area contributed by atoms with Crippen LogP contribution in [0.5, 0.6) is 0 Å². The maximum atomic E-state index is 11.9. The molecule has 2 aromatic carbocycles. The van der Waals surface area contributed by atoms with Crippen molar-refractivity contribution in [2.24, 2.45) is 11.7 Å². The highest BCUT2D eigenvalue weighted by Gasteiger charge is 2.33. The molecule has 1 saturated heterocycles. The minimum Gasteiger partial charge on any atom is -0.381 e. The Morgan fingerprint density at radius 1 is 1.09 bits per heavy atom. The summed E-state index contributed by atoms with van der Waals surface area (Å²) in [6, 6.07) is 20.5. The number of nitrogens with two attached hydrogens (primary N) is 1. The Kier molecular flexibility index (Phi) is 4.93. The van der Waals surface area contributed by atoms with Gasteiger partial charge in [0.25, 0.3) is 0 Å². The topological polar surface area (TPSA) is 58.4 Å². The zero-order valence-corrected chi connectivity index (χ0v) is 13.2. The Morgan fingerprint density at radius 3 is 2.39 bits per heavy atom. The van der Waals surface area contributed by atoms with Gasteiger partial charge in [0, 0.05) is 31.4 Å². The summed E-state index contributed by atoms with van der Waals surface area (Å²) in [6.07, 6.45) is 0.912. The van der Waals surface area contributed by atoms with Crippen molar-refractivity contribution in [2.75, 3.05) is 18.4 Å². The van der Waals surface area contributed by atoms with Crippen molar-refractivity contribution >= 4 is 11.6 Å². The van der Waals surface area contributed by atoms with E-state index in [4.69, 9.17) is 5.73 Å². The molecule has 1 fully saturated rings. The summed E-state index contributed by atoms with van der Waals surface area (Å²) in [7, 11) is 0. The zero-order valence-electron chi connectivity index (χ0n) is 13.2. The fraction of sp³-hybridized carbons (Fsp3) is 0.316. The molecule has 4 heteroatoms. The third-order valence-electron chi connectivity index (χ3n) is 4.44. The van der Waals surface area contributed by atoms with Gasteiger partial charge in [-0.1, -0.05) is 48.5 Å². The molecule has 1 heterocycles. The van der Waals surface area contributed by atoms with Gasteiger partial charge in [0.2, 0.25) is 5.91 Å². The lowest BCUT2D eigenvalue weighted by atomic mass is 9.91. The third kappa shape index (κ3) is 4.11. The van der Waals surface area contributed by atoms with Crippen LogP contribution >= 0.6 is 0 Å². The molecular weight excluding hydrogens is 286 g/mol. The molecule has 0 aromatic heterocycles. The molecule has 2 aromatic rings. The van der Waals surface area contributed by atoms with Gasteiger partial charge in [-0.05, 0) is 24.1 Å². The van der Waals surface area contributed by atoms with Gasteiger partial charge in [-0.2, -0.15) is 0 Å². The van der Waals surface area contributed by atoms with Crippen LogP contribution in [-0.4, -0.2) is 29.9 Å². The van der Waals surface area contributed by atoms with Gasteiger partial charge in [-0.15, -0.1) is 0 Å². The molecule has 0 saturated carbocycles. The number of carbonyl (C=O) groups excluding carboxylic acids is 1. The number of primary amides is 1. The van der Waals surface area contributed by atoms with E-state index in [-0.39, 0.29) is 17.9 Å². The lowest BCUT2D eigenvalue weighted by Crippen LogP contribution is -2.51. The van der Waals surface area contributed by atoms with Gasteiger partial charge in [0.15, 0.2) is 0 Å². The van der Waals surface area contributed by atoms with Crippen molar-refractivity contribution in [1.29, 1.82) is 0 Å². The van der Waals surface area contributed by atoms with Crippen LogP contribution in [0.2, 0.25) is 0 Å². The van der Waals surface area contributed by atoms with E-state index < -0.39 is 0 Å². The van der Waals surface area contributed by atoms with E-state index in [1.165, 1.54) is 5.56 Å². The number of nitrogens with zero attached hydrogens (tertiary/aromatic N) is 1. The molecule has 0 unspecified atom stereocenters. The van der Waals surface area contributed by atoms with Crippen LogP contribution in [0.1, 0.15) is 12.0 Å². The molecule has 1 aliphatic rings. The Balaban J connectivity index is 1.65. The first kappa shape index (κ1) is 15.6. The van der Waals surface area contributed by atoms with Gasteiger partial charge in [-0.3, -0.25) is 9.69 Å². The lowest BCUT2D eigenvalue weighted by Gasteiger charge is -2.38. The maximum absolute atomic E-state index is 11.9. The number of para-hydroxylation sites is 1. The van der Waals surface area contributed by atoms with Gasteiger partial charge in [-0.25, -0.2) is 0 Å². The Morgan fingerprint density at radius 2 is 1.74 bits per heavy atom. The second-order valence-corrected chi connectivity index (χ2v) is 6.14. The van der Waals surface area contributed by atoms with Crippen LogP contribution in [-0.2, 0) is 11.3 Å². The molecule has 23 heavy (non-hydrogen) atoms. The number of hydrogen-bond acceptors (Lipinski definition) is 3. The number of nitrogens with one attached hydrogen (secondary N) is 1. The smallest absolute Gasteiger partial charge is 0.223 e. The van der Waals surface area contributed by atoms with Gasteiger partial charge < -0.3 is 11.1 Å². The van der Waals surface area contributed by atoms with E-state index in [1.54, 1.807) is 0 Å². The van der Waals surface area contributed by atoms with Crippen molar-refractivity contribution in [3.63, 3.8) is 0 Å². The molecule has 0 spiro atoms. The van der Waals surface area contributed by atoms with Crippen LogP contribution in [0, 0.1) is 5.92 Å². The molecule has 120 valence electrons. The monoisotopic (exact) mass is 309 g/mol. The summed E-state index contributed by atoms with van der Waals surface area (Å²) in [5.74, 6) is -0.399. The molecule has 1 aliphatic heterocycles. The summed E-state index contributed by atoms with van der Waals surface area (Å²) < 4.78 is 0. The molecular formula is C19H23N3O. The lowest BCUT2D eigenvalue weighted by molar-refractivity contribution is -0.123. The van der Waals surface area contributed by atoms with Crippen molar-refractivity contribution in [1.82, 2.24) is 4.90 Å². The normalized spacial score (nSPS) is 21.7. The highest BCUT2D eigenvalue weighted by atomic mass is 16.1. The number of piperidine rings is 1. The van der Waals surface area contributed by atoms with E-state index >= 15 is 0 Å². The summed E-state index contributed by atoms with van der Waals surface area (Å²) in [5.41, 5.74) is 7.97. The van der Waals surface area contributed by atoms with Crippen molar-refractivity contribution in [3.8, 4) is 0 Å². The third-order valence-corrected chi connectivity index (χ3v) is 4.44. The molecule has 4 nitrogen and oxygen atoms in total. The van der Waals surface area contributed by atoms with Crippen LogP contribution in [0.25, 0.3) is 0 Å². The van der Waals surface area contributed by atoms with E-state index in [1.807, 2.05) is 48.5 Å². The van der Waals surface area contributed by atoms with Crippen LogP contribution in [0.3, 0.4) is 0 Å². The first-order valence-corrected chi connectivity index (χ1v) is 8.09. The van der Waals surface area contributed by atoms with Crippen molar-refractivity contribution in [3.05, 3.63) is 66.2 Å². The van der Waals surface area contributed by atoms with Crippen molar-refractivity contribution < 1.29 is 4.79 Å². The predicted molar refractivity (Wildman–Crippen MR) is 92.9 cm³/mol. The number of amides is 1. The maximum Gasteiger partial charge on any atom is 0.223 e. The van der Waals surface area contributed by atoms with Gasteiger partial charge >= 0.3 is 0 Å². The number of anilines is 1. The fourth-order valence-corrected chi connectivity index (χ4v) is 3.21. The van der Waals surface area contributed by atoms with E-state index in [0.29, 0.717) is 6.54 Å². The van der Waals surface area contributed by atoms with Crippen LogP contribution < -0.4 is 11.1 Å². The first-order valence-electron chi connectivity index (χ1n) is 8.09. The Hall–Kier alpha value is -2.33. The Labute approximate surface area is 137 Å². The highest BCUT2D eigenvalue weighted by Crippen LogP contribution is 2.22. The molecule has 0 aliphatic carbocycles. The summed E-state index contributed by atoms with van der Waals surface area (Å²) in [5, 5.41) is 3.47. The van der Waals surface area contributed by atoms with E-state index in [0.717, 1.165) is 25.2 Å². The van der Waals surface area contributed by atoms with E-state index in [9.17, 15) is 4.79 Å². The number of rotatable bonds is 5. The number of hydrogen-bond donors (Lipinski definition) is 2. The molecule has 0 radical (unpaired) electrons. The highest BCUT2D eigenvalue weighted by molar-refractivity contribution is 5.78. The molecule has 3 rings (SSSR count). The minimum atomic E-state index is -0.226. The Bertz CT molecular complexity index is 630. The summed E-state index contributed by atoms with van der Waals surface area (Å²) in [6.45, 7) is 2.53. The average molecular weight is 309 g/mol. The standard InChI is InChI=1S/C19H23N3O/c20-19(23)17-14-22(13-15-7-3-1-4-8-15)12-11-18(17)21-16-9-5-2-6-10-16/h1-10,17-18,21H,11-14H2,(H2,20,23)/t17-,18-/m0/s1. The quantitative estimate of drug-likeness (QED) is 0.892. The second kappa shape index (κ2) is 7.29. The van der Waals surface area contributed by atoms with Crippen LogP contribution in [0.4, 0.5) is 5.69 Å². The summed E-state index contributed by atoms with van der Waals surface area (Å²) >= 11 is 0. The number of likely N-dealkylation sites (tertiary alicyclic amines) is 1.